The number of carbonyl (C=O) groups is 2. The quantitative estimate of drug-likeness (QED) is 0.776. The standard InChI is InChI=1S/C19H18ClFN2O2/c1-2-12-5-3-4-6-16(12)23-18(25)19(9-10-19)17(24)22-13-7-8-15(21)14(20)11-13/h3-8,11H,2,9-10H2,1H3,(H,22,24)(H,23,25). The predicted molar refractivity (Wildman–Crippen MR) is 96.2 cm³/mol. The topological polar surface area (TPSA) is 58.2 Å². The Kier molecular flexibility index (Phi) is 4.77. The van der Waals surface area contributed by atoms with Gasteiger partial charge in [-0.25, -0.2) is 4.39 Å². The molecule has 0 aliphatic heterocycles. The number of benzene rings is 2. The van der Waals surface area contributed by atoms with E-state index in [1.807, 2.05) is 31.2 Å². The molecule has 0 atom stereocenters. The number of carbonyl (C=O) groups excluding carboxylic acids is 2. The molecule has 0 heterocycles. The van der Waals surface area contributed by atoms with E-state index in [9.17, 15) is 14.0 Å². The van der Waals surface area contributed by atoms with Crippen molar-refractivity contribution in [3.8, 4) is 0 Å². The average Bonchev–Trinajstić information content (AvgIpc) is 3.40. The van der Waals surface area contributed by atoms with E-state index in [0.29, 0.717) is 18.5 Å². The van der Waals surface area contributed by atoms with E-state index in [-0.39, 0.29) is 10.9 Å². The molecule has 0 radical (unpaired) electrons. The summed E-state index contributed by atoms with van der Waals surface area (Å²) in [4.78, 5) is 25.2. The lowest BCUT2D eigenvalue weighted by Crippen LogP contribution is -2.35. The van der Waals surface area contributed by atoms with Crippen molar-refractivity contribution in [3.63, 3.8) is 0 Å². The predicted octanol–water partition coefficient (Wildman–Crippen LogP) is 4.40. The summed E-state index contributed by atoms with van der Waals surface area (Å²) >= 11 is 5.72. The summed E-state index contributed by atoms with van der Waals surface area (Å²) < 4.78 is 13.2. The first kappa shape index (κ1) is 17.4. The number of para-hydroxylation sites is 1. The maximum atomic E-state index is 13.2. The summed E-state index contributed by atoms with van der Waals surface area (Å²) in [6.45, 7) is 2.00. The van der Waals surface area contributed by atoms with E-state index >= 15 is 0 Å². The first-order valence-corrected chi connectivity index (χ1v) is 8.50. The highest BCUT2D eigenvalue weighted by Crippen LogP contribution is 2.47. The Morgan fingerprint density at radius 1 is 1.12 bits per heavy atom. The number of anilines is 2. The molecule has 1 aliphatic rings. The zero-order chi connectivity index (χ0) is 18.0. The molecule has 0 bridgehead atoms. The second-order valence-electron chi connectivity index (χ2n) is 6.13. The van der Waals surface area contributed by atoms with Gasteiger partial charge < -0.3 is 10.6 Å². The zero-order valence-electron chi connectivity index (χ0n) is 13.7. The third-order valence-electron chi connectivity index (χ3n) is 4.44. The molecule has 6 heteroatoms. The van der Waals surface area contributed by atoms with Crippen molar-refractivity contribution in [1.29, 1.82) is 0 Å². The van der Waals surface area contributed by atoms with Crippen LogP contribution in [0.2, 0.25) is 5.02 Å². The fourth-order valence-electron chi connectivity index (χ4n) is 2.70. The van der Waals surface area contributed by atoms with Gasteiger partial charge in [0.1, 0.15) is 11.2 Å². The van der Waals surface area contributed by atoms with E-state index < -0.39 is 17.1 Å². The molecule has 3 rings (SSSR count). The summed E-state index contributed by atoms with van der Waals surface area (Å²) in [6.07, 6.45) is 1.74. The summed E-state index contributed by atoms with van der Waals surface area (Å²) in [7, 11) is 0. The maximum absolute atomic E-state index is 13.2. The second-order valence-corrected chi connectivity index (χ2v) is 6.54. The van der Waals surface area contributed by atoms with Crippen LogP contribution in [0.15, 0.2) is 42.5 Å². The van der Waals surface area contributed by atoms with Crippen LogP contribution in [-0.4, -0.2) is 11.8 Å². The van der Waals surface area contributed by atoms with Crippen molar-refractivity contribution < 1.29 is 14.0 Å². The van der Waals surface area contributed by atoms with Gasteiger partial charge in [-0.1, -0.05) is 36.7 Å². The van der Waals surface area contributed by atoms with Crippen molar-refractivity contribution >= 4 is 34.8 Å². The van der Waals surface area contributed by atoms with E-state index in [1.165, 1.54) is 18.2 Å². The third-order valence-corrected chi connectivity index (χ3v) is 4.73. The zero-order valence-corrected chi connectivity index (χ0v) is 14.5. The number of hydrogen-bond acceptors (Lipinski definition) is 2. The highest BCUT2D eigenvalue weighted by molar-refractivity contribution is 6.31. The molecule has 130 valence electrons. The summed E-state index contributed by atoms with van der Waals surface area (Å²) in [5.41, 5.74) is 1.02. The second kappa shape index (κ2) is 6.84. The average molecular weight is 361 g/mol. The maximum Gasteiger partial charge on any atom is 0.240 e. The Morgan fingerprint density at radius 2 is 1.80 bits per heavy atom. The fourth-order valence-corrected chi connectivity index (χ4v) is 2.88. The van der Waals surface area contributed by atoms with E-state index in [2.05, 4.69) is 10.6 Å². The van der Waals surface area contributed by atoms with Crippen LogP contribution >= 0.6 is 11.6 Å². The minimum absolute atomic E-state index is 0.0797. The van der Waals surface area contributed by atoms with Crippen molar-refractivity contribution in [3.05, 3.63) is 58.9 Å². The number of nitrogens with one attached hydrogen (secondary N) is 2. The molecule has 1 aliphatic carbocycles. The van der Waals surface area contributed by atoms with E-state index in [1.54, 1.807) is 0 Å². The van der Waals surface area contributed by atoms with Gasteiger partial charge in [0.15, 0.2) is 0 Å². The minimum atomic E-state index is -1.08. The van der Waals surface area contributed by atoms with Crippen LogP contribution in [0.4, 0.5) is 15.8 Å². The van der Waals surface area contributed by atoms with Crippen molar-refractivity contribution in [2.75, 3.05) is 10.6 Å². The largest absolute Gasteiger partial charge is 0.325 e. The smallest absolute Gasteiger partial charge is 0.240 e. The number of hydrogen-bond donors (Lipinski definition) is 2. The number of aryl methyl sites for hydroxylation is 1. The van der Waals surface area contributed by atoms with Gasteiger partial charge in [-0.3, -0.25) is 9.59 Å². The van der Waals surface area contributed by atoms with Gasteiger partial charge in [-0.15, -0.1) is 0 Å². The molecule has 2 N–H and O–H groups in total. The lowest BCUT2D eigenvalue weighted by atomic mass is 10.0. The van der Waals surface area contributed by atoms with Crippen LogP contribution in [0.5, 0.6) is 0 Å². The first-order chi connectivity index (χ1) is 12.0. The van der Waals surface area contributed by atoms with Gasteiger partial charge in [0.05, 0.1) is 5.02 Å². The summed E-state index contributed by atoms with van der Waals surface area (Å²) in [5.74, 6) is -1.28. The Hall–Kier alpha value is -2.40. The normalized spacial score (nSPS) is 14.7. The highest BCUT2D eigenvalue weighted by Gasteiger charge is 2.56. The molecule has 2 aromatic rings. The first-order valence-electron chi connectivity index (χ1n) is 8.12. The van der Waals surface area contributed by atoms with Crippen LogP contribution in [0, 0.1) is 11.2 Å². The highest BCUT2D eigenvalue weighted by atomic mass is 35.5. The van der Waals surface area contributed by atoms with Crippen LogP contribution in [0.25, 0.3) is 0 Å². The van der Waals surface area contributed by atoms with Crippen LogP contribution in [-0.2, 0) is 16.0 Å². The van der Waals surface area contributed by atoms with Gasteiger partial charge in [-0.2, -0.15) is 0 Å². The van der Waals surface area contributed by atoms with Crippen molar-refractivity contribution in [1.82, 2.24) is 0 Å². The lowest BCUT2D eigenvalue weighted by molar-refractivity contribution is -0.131. The molecular weight excluding hydrogens is 343 g/mol. The Balaban J connectivity index is 1.73. The molecule has 1 saturated carbocycles. The Labute approximate surface area is 150 Å². The molecule has 0 spiro atoms. The van der Waals surface area contributed by atoms with Gasteiger partial charge >= 0.3 is 0 Å². The molecule has 25 heavy (non-hydrogen) atoms. The van der Waals surface area contributed by atoms with E-state index in [0.717, 1.165) is 17.7 Å². The molecule has 4 nitrogen and oxygen atoms in total. The van der Waals surface area contributed by atoms with Crippen LogP contribution < -0.4 is 10.6 Å². The fraction of sp³-hybridized carbons (Fsp3) is 0.263. The number of amides is 2. The van der Waals surface area contributed by atoms with Crippen molar-refractivity contribution in [2.24, 2.45) is 5.41 Å². The Bertz CT molecular complexity index is 834. The number of rotatable bonds is 5. The lowest BCUT2D eigenvalue weighted by Gasteiger charge is -2.17. The van der Waals surface area contributed by atoms with Gasteiger partial charge in [-0.05, 0) is 49.1 Å². The molecule has 0 unspecified atom stereocenters. The third kappa shape index (κ3) is 3.51. The molecular formula is C19H18ClFN2O2. The summed E-state index contributed by atoms with van der Waals surface area (Å²) in [5, 5.41) is 5.44. The van der Waals surface area contributed by atoms with Crippen LogP contribution in [0.3, 0.4) is 0 Å². The minimum Gasteiger partial charge on any atom is -0.325 e. The van der Waals surface area contributed by atoms with Gasteiger partial charge in [0, 0.05) is 11.4 Å². The van der Waals surface area contributed by atoms with Crippen LogP contribution in [0.1, 0.15) is 25.3 Å². The monoisotopic (exact) mass is 360 g/mol. The molecule has 0 saturated heterocycles. The van der Waals surface area contributed by atoms with Gasteiger partial charge in [0.25, 0.3) is 0 Å². The molecule has 1 fully saturated rings. The summed E-state index contributed by atoms with van der Waals surface area (Å²) in [6, 6.07) is 11.4. The van der Waals surface area contributed by atoms with Crippen molar-refractivity contribution in [2.45, 2.75) is 26.2 Å². The molecule has 2 amide bonds. The Morgan fingerprint density at radius 3 is 2.44 bits per heavy atom. The van der Waals surface area contributed by atoms with Gasteiger partial charge in [0.2, 0.25) is 11.8 Å². The molecule has 2 aromatic carbocycles. The SMILES string of the molecule is CCc1ccccc1NC(=O)C1(C(=O)Nc2ccc(F)c(Cl)c2)CC1. The van der Waals surface area contributed by atoms with E-state index in [4.69, 9.17) is 11.6 Å². The number of halogens is 2. The molecule has 0 aromatic heterocycles.